The second kappa shape index (κ2) is 10.0. The maximum atomic E-state index is 10.1. The lowest BCUT2D eigenvalue weighted by atomic mass is 10.4. The first kappa shape index (κ1) is 13.6. The third kappa shape index (κ3) is 11.8. The molecule has 0 N–H and O–H groups in total. The lowest BCUT2D eigenvalue weighted by Gasteiger charge is -1.95. The monoisotopic (exact) mass is 186 g/mol. The van der Waals surface area contributed by atoms with E-state index < -0.39 is 5.30 Å². The van der Waals surface area contributed by atoms with Crippen molar-refractivity contribution in [2.75, 3.05) is 0 Å². The summed E-state index contributed by atoms with van der Waals surface area (Å²) >= 11 is 3.38. The highest BCUT2D eigenvalue weighted by molar-refractivity contribution is 7.96. The number of ether oxygens (including phenoxy) is 1. The molecule has 0 saturated heterocycles. The van der Waals surface area contributed by atoms with Crippen LogP contribution in [0.25, 0.3) is 0 Å². The zero-order valence-corrected chi connectivity index (χ0v) is 8.30. The highest BCUT2D eigenvalue weighted by Gasteiger charge is 1.92. The number of allylic oxidation sites excluding steroid dienone is 3. The largest absolute Gasteiger partial charge is 0.419 e. The second-order valence-electron chi connectivity index (χ2n) is 1.43. The average molecular weight is 186 g/mol. The number of hydrogen-bond acceptors (Lipinski definition) is 2. The van der Waals surface area contributed by atoms with Crippen molar-refractivity contribution in [1.82, 2.24) is 0 Å². The molecule has 0 amide bonds. The van der Waals surface area contributed by atoms with Gasteiger partial charge in [-0.05, 0) is 6.08 Å². The van der Waals surface area contributed by atoms with Crippen LogP contribution < -0.4 is 0 Å². The average Bonchev–Trinajstić information content (AvgIpc) is 2.03. The topological polar surface area (TPSA) is 26.3 Å². The molecule has 0 heterocycles. The molecule has 68 valence electrons. The van der Waals surface area contributed by atoms with Gasteiger partial charge in [-0.2, -0.15) is 0 Å². The number of thiol groups is 1. The molecular weight excluding hydrogens is 172 g/mol. The van der Waals surface area contributed by atoms with E-state index in [1.807, 2.05) is 13.8 Å². The normalized spacial score (nSPS) is 8.25. The predicted octanol–water partition coefficient (Wildman–Crippen LogP) is 3.33. The van der Waals surface area contributed by atoms with Gasteiger partial charge in [0, 0.05) is 0 Å². The van der Waals surface area contributed by atoms with Crippen molar-refractivity contribution < 1.29 is 9.53 Å². The van der Waals surface area contributed by atoms with Crippen molar-refractivity contribution in [3.63, 3.8) is 0 Å². The summed E-state index contributed by atoms with van der Waals surface area (Å²) in [7, 11) is 0. The SMILES string of the molecule is C=C/C=C\C(=C)OC(=O)S.CC. The van der Waals surface area contributed by atoms with Crippen molar-refractivity contribution >= 4 is 17.9 Å². The molecule has 0 aliphatic carbocycles. The van der Waals surface area contributed by atoms with Crippen molar-refractivity contribution in [3.8, 4) is 0 Å². The minimum absolute atomic E-state index is 0.250. The number of carbonyl (C=O) groups is 1. The summed E-state index contributed by atoms with van der Waals surface area (Å²) in [6.45, 7) is 10.8. The number of hydrogen-bond donors (Lipinski definition) is 1. The fourth-order valence-electron chi connectivity index (χ4n) is 0.322. The highest BCUT2D eigenvalue weighted by atomic mass is 32.1. The number of rotatable bonds is 3. The molecule has 0 aliphatic heterocycles. The van der Waals surface area contributed by atoms with E-state index in [-0.39, 0.29) is 5.76 Å². The third-order valence-electron chi connectivity index (χ3n) is 0.637. The molecule has 0 bridgehead atoms. The van der Waals surface area contributed by atoms with Crippen LogP contribution in [0.2, 0.25) is 0 Å². The molecule has 0 unspecified atom stereocenters. The molecule has 0 spiro atoms. The first-order valence-corrected chi connectivity index (χ1v) is 4.00. The van der Waals surface area contributed by atoms with E-state index in [2.05, 4.69) is 30.5 Å². The maximum Gasteiger partial charge on any atom is 0.369 e. The van der Waals surface area contributed by atoms with Gasteiger partial charge in [-0.15, -0.1) is 0 Å². The summed E-state index contributed by atoms with van der Waals surface area (Å²) in [6, 6.07) is 0. The van der Waals surface area contributed by atoms with Gasteiger partial charge < -0.3 is 4.74 Å². The van der Waals surface area contributed by atoms with Crippen molar-refractivity contribution in [1.29, 1.82) is 0 Å². The van der Waals surface area contributed by atoms with Gasteiger partial charge in [0.05, 0.1) is 0 Å². The highest BCUT2D eigenvalue weighted by Crippen LogP contribution is 1.98. The Morgan fingerprint density at radius 3 is 2.33 bits per heavy atom. The van der Waals surface area contributed by atoms with E-state index in [0.717, 1.165) is 0 Å². The van der Waals surface area contributed by atoms with Gasteiger partial charge in [0.15, 0.2) is 0 Å². The van der Waals surface area contributed by atoms with Crippen LogP contribution in [0, 0.1) is 0 Å². The van der Waals surface area contributed by atoms with E-state index in [9.17, 15) is 4.79 Å². The Morgan fingerprint density at radius 1 is 1.50 bits per heavy atom. The van der Waals surface area contributed by atoms with Crippen LogP contribution in [0.1, 0.15) is 13.8 Å². The summed E-state index contributed by atoms with van der Waals surface area (Å²) in [5.41, 5.74) is 0. The Kier molecular flexibility index (Phi) is 11.4. The summed E-state index contributed by atoms with van der Waals surface area (Å²) in [4.78, 5) is 10.1. The van der Waals surface area contributed by atoms with Crippen LogP contribution >= 0.6 is 12.6 Å². The molecular formula is C9H14O2S. The Hall–Kier alpha value is -0.960. The molecule has 0 atom stereocenters. The Morgan fingerprint density at radius 2 is 2.00 bits per heavy atom. The molecule has 0 aromatic heterocycles. The predicted molar refractivity (Wildman–Crippen MR) is 55.3 cm³/mol. The summed E-state index contributed by atoms with van der Waals surface area (Å²) in [6.07, 6.45) is 4.68. The molecule has 0 fully saturated rings. The maximum absolute atomic E-state index is 10.1. The minimum atomic E-state index is -0.668. The van der Waals surface area contributed by atoms with Crippen molar-refractivity contribution in [2.45, 2.75) is 13.8 Å². The van der Waals surface area contributed by atoms with Crippen LogP contribution in [0.3, 0.4) is 0 Å². The zero-order chi connectivity index (χ0) is 9.98. The molecule has 0 rings (SSSR count). The van der Waals surface area contributed by atoms with Crippen LogP contribution in [0.15, 0.2) is 37.1 Å². The molecule has 0 saturated carbocycles. The molecule has 0 aromatic carbocycles. The molecule has 0 radical (unpaired) electrons. The van der Waals surface area contributed by atoms with Crippen molar-refractivity contribution in [2.24, 2.45) is 0 Å². The first-order valence-electron chi connectivity index (χ1n) is 3.55. The Balaban J connectivity index is 0. The van der Waals surface area contributed by atoms with Gasteiger partial charge in [0.2, 0.25) is 0 Å². The quantitative estimate of drug-likeness (QED) is 0.316. The van der Waals surface area contributed by atoms with E-state index in [1.165, 1.54) is 6.08 Å². The first-order chi connectivity index (χ1) is 5.66. The standard InChI is InChI=1S/C7H8O2S.C2H6/c1-3-4-5-6(2)9-7(8)10;1-2/h3-5H,1-2H2,(H,8,10);1-2H3/b5-4-;. The van der Waals surface area contributed by atoms with Crippen LogP contribution in [-0.2, 0) is 4.74 Å². The minimum Gasteiger partial charge on any atom is -0.419 e. The lowest BCUT2D eigenvalue weighted by Crippen LogP contribution is -1.89. The Labute approximate surface area is 79.0 Å². The van der Waals surface area contributed by atoms with E-state index >= 15 is 0 Å². The smallest absolute Gasteiger partial charge is 0.369 e. The van der Waals surface area contributed by atoms with Gasteiger partial charge in [-0.1, -0.05) is 51.8 Å². The van der Waals surface area contributed by atoms with E-state index in [0.29, 0.717) is 0 Å². The van der Waals surface area contributed by atoms with E-state index in [1.54, 1.807) is 12.2 Å². The van der Waals surface area contributed by atoms with Crippen LogP contribution in [0.4, 0.5) is 4.79 Å². The number of carbonyl (C=O) groups excluding carboxylic acids is 1. The summed E-state index contributed by atoms with van der Waals surface area (Å²) < 4.78 is 4.45. The van der Waals surface area contributed by atoms with Crippen LogP contribution in [-0.4, -0.2) is 5.30 Å². The van der Waals surface area contributed by atoms with Gasteiger partial charge in [-0.3, -0.25) is 0 Å². The van der Waals surface area contributed by atoms with Gasteiger partial charge >= 0.3 is 5.30 Å². The second-order valence-corrected chi connectivity index (χ2v) is 1.79. The van der Waals surface area contributed by atoms with Gasteiger partial charge in [0.25, 0.3) is 0 Å². The lowest BCUT2D eigenvalue weighted by molar-refractivity contribution is 0.208. The van der Waals surface area contributed by atoms with E-state index in [4.69, 9.17) is 0 Å². The zero-order valence-electron chi connectivity index (χ0n) is 7.41. The summed E-state index contributed by atoms with van der Waals surface area (Å²) in [5, 5.41) is -0.668. The van der Waals surface area contributed by atoms with Crippen molar-refractivity contribution in [3.05, 3.63) is 37.1 Å². The van der Waals surface area contributed by atoms with Crippen LogP contribution in [0.5, 0.6) is 0 Å². The summed E-state index contributed by atoms with van der Waals surface area (Å²) in [5.74, 6) is 0.250. The fourth-order valence-corrected chi connectivity index (χ4v) is 0.439. The van der Waals surface area contributed by atoms with Gasteiger partial charge in [-0.25, -0.2) is 4.79 Å². The molecule has 0 aliphatic rings. The molecule has 12 heavy (non-hydrogen) atoms. The Bertz CT molecular complexity index is 183. The molecule has 0 aromatic rings. The third-order valence-corrected chi connectivity index (χ3v) is 0.728. The fraction of sp³-hybridized carbons (Fsp3) is 0.222. The molecule has 3 heteroatoms. The molecule has 2 nitrogen and oxygen atoms in total. The van der Waals surface area contributed by atoms with Gasteiger partial charge in [0.1, 0.15) is 5.76 Å².